The van der Waals surface area contributed by atoms with Crippen LogP contribution in [0.2, 0.25) is 0 Å². The highest BCUT2D eigenvalue weighted by atomic mass is 16.3. The van der Waals surface area contributed by atoms with E-state index in [0.29, 0.717) is 18.5 Å². The van der Waals surface area contributed by atoms with Crippen molar-refractivity contribution in [2.75, 3.05) is 0 Å². The SMILES string of the molecule is CCCn1c(O)c(C#N)c(CC)cc1=O. The summed E-state index contributed by atoms with van der Waals surface area (Å²) in [5.74, 6) is -0.205. The van der Waals surface area contributed by atoms with E-state index >= 15 is 0 Å². The van der Waals surface area contributed by atoms with Crippen LogP contribution in [-0.2, 0) is 13.0 Å². The zero-order valence-corrected chi connectivity index (χ0v) is 8.95. The molecule has 0 aliphatic carbocycles. The summed E-state index contributed by atoms with van der Waals surface area (Å²) >= 11 is 0. The minimum absolute atomic E-state index is 0.205. The first-order chi connectivity index (χ1) is 7.15. The van der Waals surface area contributed by atoms with Gasteiger partial charge >= 0.3 is 0 Å². The highest BCUT2D eigenvalue weighted by Gasteiger charge is 2.12. The molecular weight excluding hydrogens is 192 g/mol. The van der Waals surface area contributed by atoms with Gasteiger partial charge in [0, 0.05) is 12.6 Å². The van der Waals surface area contributed by atoms with Crippen molar-refractivity contribution < 1.29 is 5.11 Å². The normalized spacial score (nSPS) is 9.93. The molecule has 0 radical (unpaired) electrons. The molecule has 0 aromatic carbocycles. The fourth-order valence-electron chi connectivity index (χ4n) is 1.52. The van der Waals surface area contributed by atoms with Crippen molar-refractivity contribution in [3.8, 4) is 11.9 Å². The standard InChI is InChI=1S/C11H14N2O2/c1-3-5-13-10(14)6-8(4-2)9(7-12)11(13)15/h6,15H,3-5H2,1-2H3. The lowest BCUT2D eigenvalue weighted by Gasteiger charge is -2.10. The Labute approximate surface area is 88.4 Å². The first kappa shape index (κ1) is 11.3. The molecule has 1 rings (SSSR count). The lowest BCUT2D eigenvalue weighted by atomic mass is 10.1. The number of rotatable bonds is 3. The monoisotopic (exact) mass is 206 g/mol. The third kappa shape index (κ3) is 2.01. The number of pyridine rings is 1. The van der Waals surface area contributed by atoms with E-state index in [2.05, 4.69) is 0 Å². The molecule has 4 heteroatoms. The Morgan fingerprint density at radius 1 is 1.53 bits per heavy atom. The Hall–Kier alpha value is -1.76. The third-order valence-corrected chi connectivity index (χ3v) is 2.30. The Balaban J connectivity index is 3.46. The van der Waals surface area contributed by atoms with E-state index in [1.54, 1.807) is 0 Å². The summed E-state index contributed by atoms with van der Waals surface area (Å²) < 4.78 is 1.23. The molecule has 4 nitrogen and oxygen atoms in total. The lowest BCUT2D eigenvalue weighted by molar-refractivity contribution is 0.402. The zero-order chi connectivity index (χ0) is 11.4. The molecule has 1 N–H and O–H groups in total. The third-order valence-electron chi connectivity index (χ3n) is 2.30. The van der Waals surface area contributed by atoms with E-state index in [9.17, 15) is 9.90 Å². The average molecular weight is 206 g/mol. The van der Waals surface area contributed by atoms with Gasteiger partial charge < -0.3 is 5.11 Å². The van der Waals surface area contributed by atoms with Crippen molar-refractivity contribution in [1.29, 1.82) is 5.26 Å². The van der Waals surface area contributed by atoms with Crippen LogP contribution in [0, 0.1) is 11.3 Å². The number of aromatic nitrogens is 1. The fourth-order valence-corrected chi connectivity index (χ4v) is 1.52. The quantitative estimate of drug-likeness (QED) is 0.812. The van der Waals surface area contributed by atoms with Crippen LogP contribution < -0.4 is 5.56 Å². The topological polar surface area (TPSA) is 66.0 Å². The second-order valence-corrected chi connectivity index (χ2v) is 3.32. The molecule has 0 unspecified atom stereocenters. The minimum atomic E-state index is -0.245. The summed E-state index contributed by atoms with van der Waals surface area (Å²) in [5.41, 5.74) is 0.572. The Morgan fingerprint density at radius 3 is 2.67 bits per heavy atom. The van der Waals surface area contributed by atoms with Crippen LogP contribution in [0.5, 0.6) is 5.88 Å². The van der Waals surface area contributed by atoms with Crippen molar-refractivity contribution in [1.82, 2.24) is 4.57 Å². The molecular formula is C11H14N2O2. The summed E-state index contributed by atoms with van der Waals surface area (Å²) in [4.78, 5) is 11.6. The number of nitrogens with zero attached hydrogens (tertiary/aromatic N) is 2. The molecule has 80 valence electrons. The molecule has 0 aliphatic rings. The molecule has 0 atom stereocenters. The van der Waals surface area contributed by atoms with E-state index in [4.69, 9.17) is 5.26 Å². The van der Waals surface area contributed by atoms with Crippen molar-refractivity contribution in [2.45, 2.75) is 33.2 Å². The summed E-state index contributed by atoms with van der Waals surface area (Å²) in [6, 6.07) is 3.36. The predicted octanol–water partition coefficient (Wildman–Crippen LogP) is 1.40. The van der Waals surface area contributed by atoms with Crippen LogP contribution >= 0.6 is 0 Å². The zero-order valence-electron chi connectivity index (χ0n) is 8.95. The number of aryl methyl sites for hydroxylation is 1. The summed E-state index contributed by atoms with van der Waals surface area (Å²) in [6.07, 6.45) is 1.31. The van der Waals surface area contributed by atoms with Gasteiger partial charge in [-0.15, -0.1) is 0 Å². The van der Waals surface area contributed by atoms with Crippen LogP contribution in [0.25, 0.3) is 0 Å². The second kappa shape index (κ2) is 4.65. The maximum absolute atomic E-state index is 11.6. The van der Waals surface area contributed by atoms with E-state index in [-0.39, 0.29) is 17.0 Å². The van der Waals surface area contributed by atoms with Gasteiger partial charge in [0.15, 0.2) is 0 Å². The van der Waals surface area contributed by atoms with Gasteiger partial charge in [0.1, 0.15) is 11.6 Å². The molecule has 1 heterocycles. The summed E-state index contributed by atoms with van der Waals surface area (Å²) in [5, 5.41) is 18.6. The largest absolute Gasteiger partial charge is 0.493 e. The summed E-state index contributed by atoms with van der Waals surface area (Å²) in [7, 11) is 0. The molecule has 1 aromatic rings. The van der Waals surface area contributed by atoms with Gasteiger partial charge in [-0.2, -0.15) is 5.26 Å². The van der Waals surface area contributed by atoms with Crippen LogP contribution in [0.15, 0.2) is 10.9 Å². The van der Waals surface area contributed by atoms with Crippen molar-refractivity contribution in [3.63, 3.8) is 0 Å². The molecule has 1 aromatic heterocycles. The van der Waals surface area contributed by atoms with Gasteiger partial charge in [-0.3, -0.25) is 9.36 Å². The molecule has 0 saturated carbocycles. The summed E-state index contributed by atoms with van der Waals surface area (Å²) in [6.45, 7) is 4.19. The van der Waals surface area contributed by atoms with Gasteiger partial charge in [-0.05, 0) is 18.4 Å². The van der Waals surface area contributed by atoms with Crippen LogP contribution in [0.3, 0.4) is 0 Å². The molecule has 15 heavy (non-hydrogen) atoms. The number of hydrogen-bond acceptors (Lipinski definition) is 3. The predicted molar refractivity (Wildman–Crippen MR) is 56.8 cm³/mol. The highest BCUT2D eigenvalue weighted by molar-refractivity contribution is 5.44. The Bertz CT molecular complexity index is 455. The first-order valence-electron chi connectivity index (χ1n) is 5.01. The maximum Gasteiger partial charge on any atom is 0.253 e. The van der Waals surface area contributed by atoms with E-state index < -0.39 is 0 Å². The van der Waals surface area contributed by atoms with Gasteiger partial charge in [-0.1, -0.05) is 13.8 Å². The fraction of sp³-hybridized carbons (Fsp3) is 0.455. The van der Waals surface area contributed by atoms with Crippen LogP contribution in [0.1, 0.15) is 31.4 Å². The number of nitriles is 1. The Kier molecular flexibility index (Phi) is 3.51. The average Bonchev–Trinajstić information content (AvgIpc) is 2.23. The van der Waals surface area contributed by atoms with Gasteiger partial charge in [0.25, 0.3) is 5.56 Å². The van der Waals surface area contributed by atoms with Gasteiger partial charge in [-0.25, -0.2) is 0 Å². The van der Waals surface area contributed by atoms with E-state index in [0.717, 1.165) is 6.42 Å². The van der Waals surface area contributed by atoms with E-state index in [1.165, 1.54) is 10.6 Å². The molecule has 0 spiro atoms. The molecule has 0 fully saturated rings. The number of aromatic hydroxyl groups is 1. The van der Waals surface area contributed by atoms with Crippen LogP contribution in [-0.4, -0.2) is 9.67 Å². The first-order valence-corrected chi connectivity index (χ1v) is 5.01. The minimum Gasteiger partial charge on any atom is -0.493 e. The second-order valence-electron chi connectivity index (χ2n) is 3.32. The Morgan fingerprint density at radius 2 is 2.20 bits per heavy atom. The van der Waals surface area contributed by atoms with Gasteiger partial charge in [0.2, 0.25) is 5.88 Å². The molecule has 0 saturated heterocycles. The van der Waals surface area contributed by atoms with Crippen LogP contribution in [0.4, 0.5) is 0 Å². The van der Waals surface area contributed by atoms with E-state index in [1.807, 2.05) is 19.9 Å². The van der Waals surface area contributed by atoms with Crippen molar-refractivity contribution in [3.05, 3.63) is 27.5 Å². The molecule has 0 aliphatic heterocycles. The maximum atomic E-state index is 11.6. The molecule has 0 bridgehead atoms. The smallest absolute Gasteiger partial charge is 0.253 e. The number of hydrogen-bond donors (Lipinski definition) is 1. The molecule has 0 amide bonds. The lowest BCUT2D eigenvalue weighted by Crippen LogP contribution is -2.21. The van der Waals surface area contributed by atoms with Crippen molar-refractivity contribution >= 4 is 0 Å². The highest BCUT2D eigenvalue weighted by Crippen LogP contribution is 2.18. The van der Waals surface area contributed by atoms with Crippen molar-refractivity contribution in [2.24, 2.45) is 0 Å². The van der Waals surface area contributed by atoms with Gasteiger partial charge in [0.05, 0.1) is 0 Å².